The predicted octanol–water partition coefficient (Wildman–Crippen LogP) is 6.73. The summed E-state index contributed by atoms with van der Waals surface area (Å²) in [6.07, 6.45) is 3.18. The minimum atomic E-state index is -0.823. The van der Waals surface area contributed by atoms with E-state index in [-0.39, 0.29) is 18.1 Å². The number of ether oxygens (including phenoxy) is 3. The van der Waals surface area contributed by atoms with Crippen molar-refractivity contribution in [3.05, 3.63) is 89.0 Å². The number of anilines is 1. The molecular formula is C32H33NO6. The number of aliphatic hydroxyl groups excluding tert-OH is 1. The van der Waals surface area contributed by atoms with E-state index in [1.54, 1.807) is 42.5 Å². The third-order valence-electron chi connectivity index (χ3n) is 7.14. The largest absolute Gasteiger partial charge is 0.507 e. The molecular weight excluding hydrogens is 494 g/mol. The number of carbonyl (C=O) groups is 2. The Balaban J connectivity index is 1.55. The van der Waals surface area contributed by atoms with Gasteiger partial charge in [-0.15, -0.1) is 0 Å². The summed E-state index contributed by atoms with van der Waals surface area (Å²) in [6.45, 7) is 7.05. The summed E-state index contributed by atoms with van der Waals surface area (Å²) < 4.78 is 16.7. The predicted molar refractivity (Wildman–Crippen MR) is 149 cm³/mol. The van der Waals surface area contributed by atoms with Crippen LogP contribution in [-0.2, 0) is 9.59 Å². The molecule has 0 saturated carbocycles. The highest BCUT2D eigenvalue weighted by molar-refractivity contribution is 6.51. The molecule has 0 spiro atoms. The zero-order chi connectivity index (χ0) is 27.5. The maximum atomic E-state index is 13.5. The topological polar surface area (TPSA) is 85.3 Å². The summed E-state index contributed by atoms with van der Waals surface area (Å²) in [7, 11) is 0. The van der Waals surface area contributed by atoms with Gasteiger partial charge in [0, 0.05) is 17.3 Å². The van der Waals surface area contributed by atoms with Crippen molar-refractivity contribution >= 4 is 23.1 Å². The monoisotopic (exact) mass is 527 g/mol. The van der Waals surface area contributed by atoms with Gasteiger partial charge in [-0.25, -0.2) is 0 Å². The summed E-state index contributed by atoms with van der Waals surface area (Å²) in [5.41, 5.74) is 2.80. The minimum absolute atomic E-state index is 0.0339. The zero-order valence-corrected chi connectivity index (χ0v) is 22.5. The van der Waals surface area contributed by atoms with Crippen molar-refractivity contribution in [3.63, 3.8) is 0 Å². The first-order valence-corrected chi connectivity index (χ1v) is 13.4. The average molecular weight is 528 g/mol. The Hall–Kier alpha value is -4.26. The molecule has 2 aliphatic rings. The Bertz CT molecular complexity index is 1390. The number of aliphatic hydroxyl groups is 1. The van der Waals surface area contributed by atoms with Crippen LogP contribution in [0, 0.1) is 0 Å². The van der Waals surface area contributed by atoms with Gasteiger partial charge in [0.25, 0.3) is 11.7 Å². The first-order valence-electron chi connectivity index (χ1n) is 13.4. The van der Waals surface area contributed by atoms with Crippen molar-refractivity contribution in [2.45, 2.75) is 52.0 Å². The van der Waals surface area contributed by atoms with Crippen molar-refractivity contribution in [2.75, 3.05) is 18.3 Å². The van der Waals surface area contributed by atoms with Crippen LogP contribution in [0.25, 0.3) is 5.76 Å². The number of hydrogen-bond acceptors (Lipinski definition) is 6. The molecule has 2 heterocycles. The highest BCUT2D eigenvalue weighted by Gasteiger charge is 2.47. The maximum Gasteiger partial charge on any atom is 0.300 e. The fourth-order valence-electron chi connectivity index (χ4n) is 4.92. The van der Waals surface area contributed by atoms with E-state index < -0.39 is 17.7 Å². The van der Waals surface area contributed by atoms with Crippen LogP contribution in [0.5, 0.6) is 17.2 Å². The Morgan fingerprint density at radius 2 is 1.69 bits per heavy atom. The van der Waals surface area contributed by atoms with Crippen molar-refractivity contribution in [1.82, 2.24) is 0 Å². The van der Waals surface area contributed by atoms with Gasteiger partial charge in [0.2, 0.25) is 6.79 Å². The molecule has 0 aromatic heterocycles. The molecule has 3 aromatic rings. The summed E-state index contributed by atoms with van der Waals surface area (Å²) in [5.74, 6) is 0.383. The molecule has 3 aromatic carbocycles. The van der Waals surface area contributed by atoms with Crippen LogP contribution in [0.2, 0.25) is 0 Å². The van der Waals surface area contributed by atoms with Crippen LogP contribution in [0.15, 0.2) is 72.3 Å². The molecule has 1 N–H and O–H groups in total. The summed E-state index contributed by atoms with van der Waals surface area (Å²) >= 11 is 0. The Kier molecular flexibility index (Phi) is 7.59. The van der Waals surface area contributed by atoms with Crippen LogP contribution < -0.4 is 19.1 Å². The number of hydrogen-bond donors (Lipinski definition) is 1. The number of rotatable bonds is 9. The average Bonchev–Trinajstić information content (AvgIpc) is 3.52. The molecule has 0 bridgehead atoms. The molecule has 1 atom stereocenters. The molecule has 1 unspecified atom stereocenters. The quantitative estimate of drug-likeness (QED) is 0.144. The summed E-state index contributed by atoms with van der Waals surface area (Å²) in [5, 5.41) is 11.4. The molecule has 1 amide bonds. The van der Waals surface area contributed by atoms with Gasteiger partial charge >= 0.3 is 0 Å². The third kappa shape index (κ3) is 5.21. The molecule has 5 rings (SSSR count). The number of nitrogens with zero attached hydrogens (tertiary/aromatic N) is 1. The van der Waals surface area contributed by atoms with Gasteiger partial charge in [-0.05, 0) is 59.9 Å². The number of fused-ring (bicyclic) bond motifs is 1. The van der Waals surface area contributed by atoms with E-state index in [2.05, 4.69) is 20.8 Å². The van der Waals surface area contributed by atoms with E-state index in [4.69, 9.17) is 14.2 Å². The SMILES string of the molecule is CCCCCOc1ccc(/C(O)=C2\C(=O)C(=O)N(c3ccc4c(c3)OCO4)C2c2ccc(C(C)C)cc2)cc1. The molecule has 0 radical (unpaired) electrons. The van der Waals surface area contributed by atoms with E-state index in [0.717, 1.165) is 24.8 Å². The van der Waals surface area contributed by atoms with Crippen molar-refractivity contribution in [2.24, 2.45) is 0 Å². The fraction of sp³-hybridized carbons (Fsp3) is 0.312. The van der Waals surface area contributed by atoms with Gasteiger partial charge < -0.3 is 19.3 Å². The Morgan fingerprint density at radius 1 is 0.974 bits per heavy atom. The lowest BCUT2D eigenvalue weighted by molar-refractivity contribution is -0.132. The van der Waals surface area contributed by atoms with Crippen molar-refractivity contribution in [3.8, 4) is 17.2 Å². The van der Waals surface area contributed by atoms with E-state index in [1.165, 1.54) is 4.90 Å². The van der Waals surface area contributed by atoms with Crippen LogP contribution in [0.4, 0.5) is 5.69 Å². The second-order valence-corrected chi connectivity index (χ2v) is 10.1. The number of ketones is 1. The second-order valence-electron chi connectivity index (χ2n) is 10.1. The molecule has 39 heavy (non-hydrogen) atoms. The zero-order valence-electron chi connectivity index (χ0n) is 22.5. The fourth-order valence-corrected chi connectivity index (χ4v) is 4.92. The van der Waals surface area contributed by atoms with Gasteiger partial charge in [-0.3, -0.25) is 14.5 Å². The number of unbranched alkanes of at least 4 members (excludes halogenated alkanes) is 2. The van der Waals surface area contributed by atoms with E-state index in [9.17, 15) is 14.7 Å². The first-order chi connectivity index (χ1) is 18.9. The molecule has 202 valence electrons. The molecule has 7 heteroatoms. The smallest absolute Gasteiger partial charge is 0.300 e. The minimum Gasteiger partial charge on any atom is -0.507 e. The van der Waals surface area contributed by atoms with Crippen molar-refractivity contribution in [1.29, 1.82) is 0 Å². The Labute approximate surface area is 228 Å². The van der Waals surface area contributed by atoms with Crippen LogP contribution >= 0.6 is 0 Å². The summed E-state index contributed by atoms with van der Waals surface area (Å²) in [4.78, 5) is 28.4. The molecule has 1 saturated heterocycles. The molecule has 1 fully saturated rings. The highest BCUT2D eigenvalue weighted by Crippen LogP contribution is 2.45. The first kappa shape index (κ1) is 26.4. The Morgan fingerprint density at radius 3 is 2.38 bits per heavy atom. The second kappa shape index (κ2) is 11.2. The summed E-state index contributed by atoms with van der Waals surface area (Å²) in [6, 6.07) is 19.0. The normalized spacial score (nSPS) is 17.7. The number of carbonyl (C=O) groups excluding carboxylic acids is 2. The van der Waals surface area contributed by atoms with Gasteiger partial charge in [-0.2, -0.15) is 0 Å². The highest BCUT2D eigenvalue weighted by atomic mass is 16.7. The standard InChI is InChI=1S/C32H33NO6/c1-4-5-6-17-37-25-14-11-23(12-15-25)30(34)28-29(22-9-7-21(8-10-22)20(2)3)33(32(36)31(28)35)24-13-16-26-27(18-24)39-19-38-26/h7-16,18,20,29,34H,4-6,17,19H2,1-3H3/b30-28+. The van der Waals surface area contributed by atoms with Crippen molar-refractivity contribution < 1.29 is 28.9 Å². The third-order valence-corrected chi connectivity index (χ3v) is 7.14. The van der Waals surface area contributed by atoms with Crippen LogP contribution in [-0.4, -0.2) is 30.2 Å². The molecule has 7 nitrogen and oxygen atoms in total. The molecule has 2 aliphatic heterocycles. The lowest BCUT2D eigenvalue weighted by atomic mass is 9.93. The van der Waals surface area contributed by atoms with Gasteiger partial charge in [-0.1, -0.05) is 57.9 Å². The maximum absolute atomic E-state index is 13.5. The lowest BCUT2D eigenvalue weighted by Crippen LogP contribution is -2.29. The van der Waals surface area contributed by atoms with Crippen LogP contribution in [0.3, 0.4) is 0 Å². The number of Topliss-reactive ketones (excluding diaryl/α,β-unsaturated/α-hetero) is 1. The van der Waals surface area contributed by atoms with Gasteiger partial charge in [0.15, 0.2) is 11.5 Å². The van der Waals surface area contributed by atoms with Gasteiger partial charge in [0.05, 0.1) is 18.2 Å². The van der Waals surface area contributed by atoms with E-state index >= 15 is 0 Å². The van der Waals surface area contributed by atoms with E-state index in [0.29, 0.717) is 46.6 Å². The number of amides is 1. The van der Waals surface area contributed by atoms with E-state index in [1.807, 2.05) is 24.3 Å². The lowest BCUT2D eigenvalue weighted by Gasteiger charge is -2.26. The molecule has 0 aliphatic carbocycles. The van der Waals surface area contributed by atoms with Crippen LogP contribution in [0.1, 0.15) is 68.7 Å². The van der Waals surface area contributed by atoms with Gasteiger partial charge in [0.1, 0.15) is 11.5 Å². The number of benzene rings is 3.